The average Bonchev–Trinajstić information content (AvgIpc) is 2.37. The molecule has 1 aromatic rings. The Hall–Kier alpha value is -1.22. The van der Waals surface area contributed by atoms with Crippen LogP contribution in [-0.4, -0.2) is 33.3 Å². The van der Waals surface area contributed by atoms with Gasteiger partial charge >= 0.3 is 0 Å². The summed E-state index contributed by atoms with van der Waals surface area (Å²) >= 11 is 0. The van der Waals surface area contributed by atoms with E-state index >= 15 is 0 Å². The van der Waals surface area contributed by atoms with Crippen LogP contribution in [0.1, 0.15) is 31.7 Å². The number of nitrogens with one attached hydrogen (secondary N) is 1. The van der Waals surface area contributed by atoms with Gasteiger partial charge < -0.3 is 15.0 Å². The molecule has 100 valence electrons. The summed E-state index contributed by atoms with van der Waals surface area (Å²) in [6.45, 7) is 6.26. The molecule has 0 aliphatic carbocycles. The highest BCUT2D eigenvalue weighted by Gasteiger charge is 2.24. The Morgan fingerprint density at radius 2 is 2.22 bits per heavy atom. The van der Waals surface area contributed by atoms with Gasteiger partial charge in [0.1, 0.15) is 12.4 Å². The number of anilines is 1. The van der Waals surface area contributed by atoms with Crippen molar-refractivity contribution in [1.29, 1.82) is 0 Å². The van der Waals surface area contributed by atoms with Crippen molar-refractivity contribution in [3.63, 3.8) is 0 Å². The lowest BCUT2D eigenvalue weighted by atomic mass is 10.0. The third-order valence-electron chi connectivity index (χ3n) is 3.74. The van der Waals surface area contributed by atoms with Crippen molar-refractivity contribution in [3.05, 3.63) is 23.8 Å². The van der Waals surface area contributed by atoms with Crippen LogP contribution >= 0.6 is 0 Å². The van der Waals surface area contributed by atoms with Gasteiger partial charge in [0.05, 0.1) is 11.7 Å². The zero-order valence-corrected chi connectivity index (χ0v) is 11.9. The lowest BCUT2D eigenvalue weighted by molar-refractivity contribution is 0.259. The molecule has 3 heteroatoms. The van der Waals surface area contributed by atoms with Crippen molar-refractivity contribution in [2.45, 2.75) is 32.2 Å². The summed E-state index contributed by atoms with van der Waals surface area (Å²) in [4.78, 5) is 2.36. The second-order valence-electron chi connectivity index (χ2n) is 5.35. The highest BCUT2D eigenvalue weighted by Crippen LogP contribution is 2.35. The van der Waals surface area contributed by atoms with Crippen LogP contribution in [0.5, 0.6) is 5.75 Å². The summed E-state index contributed by atoms with van der Waals surface area (Å²) < 4.78 is 5.87. The Morgan fingerprint density at radius 3 is 2.89 bits per heavy atom. The van der Waals surface area contributed by atoms with Gasteiger partial charge in [0.2, 0.25) is 0 Å². The van der Waals surface area contributed by atoms with E-state index in [0.717, 1.165) is 25.3 Å². The number of hydrogen-bond donors (Lipinski definition) is 1. The smallest absolute Gasteiger partial charge is 0.142 e. The van der Waals surface area contributed by atoms with Crippen LogP contribution in [0.4, 0.5) is 5.69 Å². The highest BCUT2D eigenvalue weighted by molar-refractivity contribution is 5.62. The summed E-state index contributed by atoms with van der Waals surface area (Å²) in [7, 11) is 4.17. The third-order valence-corrected chi connectivity index (χ3v) is 3.74. The molecule has 0 aromatic heterocycles. The maximum absolute atomic E-state index is 5.87. The first-order chi connectivity index (χ1) is 8.63. The number of likely N-dealkylation sites (N-methyl/N-ethyl adjacent to an activating group) is 1. The summed E-state index contributed by atoms with van der Waals surface area (Å²) in [5.41, 5.74) is 2.60. The van der Waals surface area contributed by atoms with Gasteiger partial charge in [-0.25, -0.2) is 0 Å². The minimum atomic E-state index is 0.465. The monoisotopic (exact) mass is 248 g/mol. The van der Waals surface area contributed by atoms with Gasteiger partial charge in [-0.05, 0) is 43.6 Å². The highest BCUT2D eigenvalue weighted by atomic mass is 16.5. The largest absolute Gasteiger partial charge is 0.489 e. The summed E-state index contributed by atoms with van der Waals surface area (Å²) in [5, 5.41) is 3.21. The van der Waals surface area contributed by atoms with E-state index in [9.17, 15) is 0 Å². The fourth-order valence-electron chi connectivity index (χ4n) is 2.37. The Kier molecular flexibility index (Phi) is 4.12. The van der Waals surface area contributed by atoms with Gasteiger partial charge in [0.25, 0.3) is 0 Å². The molecule has 0 saturated carbocycles. The van der Waals surface area contributed by atoms with Crippen molar-refractivity contribution in [2.24, 2.45) is 0 Å². The Labute approximate surface area is 110 Å². The zero-order valence-electron chi connectivity index (χ0n) is 11.9. The molecule has 0 amide bonds. The van der Waals surface area contributed by atoms with Crippen molar-refractivity contribution in [1.82, 2.24) is 5.32 Å². The second-order valence-corrected chi connectivity index (χ2v) is 5.35. The Morgan fingerprint density at radius 1 is 1.44 bits per heavy atom. The normalized spacial score (nSPS) is 18.7. The van der Waals surface area contributed by atoms with Gasteiger partial charge in [-0.2, -0.15) is 0 Å². The van der Waals surface area contributed by atoms with Gasteiger partial charge in [-0.15, -0.1) is 0 Å². The molecule has 0 fully saturated rings. The quantitative estimate of drug-likeness (QED) is 0.886. The molecule has 2 rings (SSSR count). The SMILES string of the molecule is CNCCC1COc2ccc(C(C)C)cc2N1C. The third kappa shape index (κ3) is 2.61. The molecule has 0 saturated heterocycles. The molecule has 1 aromatic carbocycles. The standard InChI is InChI=1S/C15H24N2O/c1-11(2)12-5-6-15-14(9-12)17(4)13(10-18-15)7-8-16-3/h5-6,9,11,13,16H,7-8,10H2,1-4H3. The molecule has 1 atom stereocenters. The topological polar surface area (TPSA) is 24.5 Å². The Bertz CT molecular complexity index is 403. The second kappa shape index (κ2) is 5.61. The number of hydrogen-bond acceptors (Lipinski definition) is 3. The first-order valence-electron chi connectivity index (χ1n) is 6.77. The van der Waals surface area contributed by atoms with E-state index in [1.54, 1.807) is 0 Å². The van der Waals surface area contributed by atoms with E-state index < -0.39 is 0 Å². The summed E-state index contributed by atoms with van der Waals surface area (Å²) in [6, 6.07) is 7.01. The molecule has 1 aliphatic rings. The number of fused-ring (bicyclic) bond motifs is 1. The van der Waals surface area contributed by atoms with Crippen LogP contribution in [-0.2, 0) is 0 Å². The number of ether oxygens (including phenoxy) is 1. The first-order valence-corrected chi connectivity index (χ1v) is 6.77. The van der Waals surface area contributed by atoms with Crippen molar-refractivity contribution in [2.75, 3.05) is 32.1 Å². The molecule has 3 nitrogen and oxygen atoms in total. The van der Waals surface area contributed by atoms with Crippen molar-refractivity contribution in [3.8, 4) is 5.75 Å². The molecule has 0 spiro atoms. The van der Waals surface area contributed by atoms with E-state index in [1.807, 2.05) is 7.05 Å². The molecule has 1 N–H and O–H groups in total. The average molecular weight is 248 g/mol. The summed E-state index contributed by atoms with van der Waals surface area (Å²) in [6.07, 6.45) is 1.11. The Balaban J connectivity index is 2.21. The number of nitrogens with zero attached hydrogens (tertiary/aromatic N) is 1. The molecule has 18 heavy (non-hydrogen) atoms. The van der Waals surface area contributed by atoms with E-state index in [0.29, 0.717) is 12.0 Å². The van der Waals surface area contributed by atoms with Gasteiger partial charge in [0.15, 0.2) is 0 Å². The predicted octanol–water partition coefficient (Wildman–Crippen LogP) is 2.62. The molecular formula is C15H24N2O. The van der Waals surface area contributed by atoms with Gasteiger partial charge in [-0.3, -0.25) is 0 Å². The fraction of sp³-hybridized carbons (Fsp3) is 0.600. The molecule has 1 heterocycles. The van der Waals surface area contributed by atoms with Crippen LogP contribution in [0.2, 0.25) is 0 Å². The van der Waals surface area contributed by atoms with E-state index in [1.165, 1.54) is 11.3 Å². The zero-order chi connectivity index (χ0) is 13.1. The van der Waals surface area contributed by atoms with Crippen LogP contribution in [0.25, 0.3) is 0 Å². The van der Waals surface area contributed by atoms with Crippen LogP contribution in [0.3, 0.4) is 0 Å². The van der Waals surface area contributed by atoms with E-state index in [-0.39, 0.29) is 0 Å². The maximum atomic E-state index is 5.87. The number of rotatable bonds is 4. The number of benzene rings is 1. The van der Waals surface area contributed by atoms with E-state index in [4.69, 9.17) is 4.74 Å². The van der Waals surface area contributed by atoms with Crippen LogP contribution < -0.4 is 15.0 Å². The van der Waals surface area contributed by atoms with Crippen LogP contribution in [0.15, 0.2) is 18.2 Å². The van der Waals surface area contributed by atoms with Crippen molar-refractivity contribution >= 4 is 5.69 Å². The van der Waals surface area contributed by atoms with Gasteiger partial charge in [0, 0.05) is 7.05 Å². The molecule has 0 bridgehead atoms. The van der Waals surface area contributed by atoms with E-state index in [2.05, 4.69) is 49.3 Å². The summed E-state index contributed by atoms with van der Waals surface area (Å²) in [5.74, 6) is 1.57. The minimum Gasteiger partial charge on any atom is -0.489 e. The predicted molar refractivity (Wildman–Crippen MR) is 76.8 cm³/mol. The maximum Gasteiger partial charge on any atom is 0.142 e. The minimum absolute atomic E-state index is 0.465. The van der Waals surface area contributed by atoms with Crippen molar-refractivity contribution < 1.29 is 4.74 Å². The molecular weight excluding hydrogens is 224 g/mol. The van der Waals surface area contributed by atoms with Crippen LogP contribution in [0, 0.1) is 0 Å². The molecule has 0 radical (unpaired) electrons. The lowest BCUT2D eigenvalue weighted by Gasteiger charge is -2.36. The lowest BCUT2D eigenvalue weighted by Crippen LogP contribution is -2.41. The molecule has 1 unspecified atom stereocenters. The fourth-order valence-corrected chi connectivity index (χ4v) is 2.37. The van der Waals surface area contributed by atoms with Gasteiger partial charge in [-0.1, -0.05) is 19.9 Å². The molecule has 1 aliphatic heterocycles. The first kappa shape index (κ1) is 13.2.